The number of pyridine rings is 1. The van der Waals surface area contributed by atoms with E-state index in [1.165, 1.54) is 11.1 Å². The Morgan fingerprint density at radius 1 is 1.11 bits per heavy atom. The predicted octanol–water partition coefficient (Wildman–Crippen LogP) is 4.07. The van der Waals surface area contributed by atoms with Crippen molar-refractivity contribution in [3.63, 3.8) is 0 Å². The predicted molar refractivity (Wildman–Crippen MR) is 120 cm³/mol. The zero-order valence-electron chi connectivity index (χ0n) is 16.4. The summed E-state index contributed by atoms with van der Waals surface area (Å²) in [6.45, 7) is 7.28. The number of H-pyrrole nitrogens is 1. The number of rotatable bonds is 6. The Bertz CT molecular complexity index is 1040. The number of hydrogen-bond donors (Lipinski definition) is 3. The first-order chi connectivity index (χ1) is 13.5. The highest BCUT2D eigenvalue weighted by Crippen LogP contribution is 2.17. The van der Waals surface area contributed by atoms with E-state index in [9.17, 15) is 4.79 Å². The SMILES string of the molecule is CCOc1ccc(NC(=S)NCCc2cc3cc(C)c(C)cc3[nH]c2=O)cc1. The molecule has 0 bridgehead atoms. The van der Waals surface area contributed by atoms with Crippen LogP contribution in [0.1, 0.15) is 23.6 Å². The minimum absolute atomic E-state index is 0.0528. The van der Waals surface area contributed by atoms with Crippen molar-refractivity contribution >= 4 is 33.9 Å². The molecule has 0 radical (unpaired) electrons. The Hall–Kier alpha value is -2.86. The third-order valence-electron chi connectivity index (χ3n) is 4.64. The number of aromatic nitrogens is 1. The lowest BCUT2D eigenvalue weighted by Gasteiger charge is -2.11. The Morgan fingerprint density at radius 3 is 2.54 bits per heavy atom. The molecule has 5 nitrogen and oxygen atoms in total. The summed E-state index contributed by atoms with van der Waals surface area (Å²) in [5, 5.41) is 7.86. The molecule has 1 heterocycles. The van der Waals surface area contributed by atoms with Gasteiger partial charge >= 0.3 is 0 Å². The molecule has 0 unspecified atom stereocenters. The van der Waals surface area contributed by atoms with Gasteiger partial charge in [0.2, 0.25) is 0 Å². The van der Waals surface area contributed by atoms with Gasteiger partial charge in [-0.2, -0.15) is 0 Å². The molecule has 0 amide bonds. The molecule has 0 aliphatic heterocycles. The molecular weight excluding hydrogens is 370 g/mol. The van der Waals surface area contributed by atoms with Crippen LogP contribution < -0.4 is 20.9 Å². The maximum absolute atomic E-state index is 12.3. The number of aryl methyl sites for hydroxylation is 2. The van der Waals surface area contributed by atoms with Crippen LogP contribution in [-0.4, -0.2) is 23.2 Å². The van der Waals surface area contributed by atoms with Gasteiger partial charge in [0.05, 0.1) is 6.61 Å². The molecule has 0 saturated carbocycles. The van der Waals surface area contributed by atoms with Crippen LogP contribution in [0, 0.1) is 13.8 Å². The summed E-state index contributed by atoms with van der Waals surface area (Å²) in [6.07, 6.45) is 0.587. The molecule has 0 fully saturated rings. The highest BCUT2D eigenvalue weighted by molar-refractivity contribution is 7.80. The van der Waals surface area contributed by atoms with Gasteiger partial charge in [-0.3, -0.25) is 4.79 Å². The molecule has 0 aliphatic rings. The fourth-order valence-electron chi connectivity index (χ4n) is 2.99. The van der Waals surface area contributed by atoms with Gasteiger partial charge in [0.15, 0.2) is 5.11 Å². The fraction of sp³-hybridized carbons (Fsp3) is 0.273. The molecule has 0 aliphatic carbocycles. The van der Waals surface area contributed by atoms with Gasteiger partial charge < -0.3 is 20.4 Å². The van der Waals surface area contributed by atoms with Gasteiger partial charge in [0.1, 0.15) is 5.75 Å². The molecular formula is C22H25N3O2S. The minimum Gasteiger partial charge on any atom is -0.494 e. The highest BCUT2D eigenvalue weighted by Gasteiger charge is 2.06. The summed E-state index contributed by atoms with van der Waals surface area (Å²) in [6, 6.07) is 13.7. The van der Waals surface area contributed by atoms with Crippen molar-refractivity contribution in [3.05, 3.63) is 69.5 Å². The number of ether oxygens (including phenoxy) is 1. The largest absolute Gasteiger partial charge is 0.494 e. The first-order valence-corrected chi connectivity index (χ1v) is 9.78. The normalized spacial score (nSPS) is 10.7. The molecule has 6 heteroatoms. The van der Waals surface area contributed by atoms with E-state index in [0.29, 0.717) is 24.7 Å². The Balaban J connectivity index is 1.58. The monoisotopic (exact) mass is 395 g/mol. The van der Waals surface area contributed by atoms with Crippen LogP contribution in [-0.2, 0) is 6.42 Å². The van der Waals surface area contributed by atoms with E-state index in [1.807, 2.05) is 50.2 Å². The lowest BCUT2D eigenvalue weighted by molar-refractivity contribution is 0.340. The molecule has 0 atom stereocenters. The van der Waals surface area contributed by atoms with Crippen molar-refractivity contribution in [1.82, 2.24) is 10.3 Å². The van der Waals surface area contributed by atoms with E-state index in [1.54, 1.807) is 0 Å². The van der Waals surface area contributed by atoms with Crippen LogP contribution >= 0.6 is 12.2 Å². The van der Waals surface area contributed by atoms with Gasteiger partial charge in [-0.25, -0.2) is 0 Å². The van der Waals surface area contributed by atoms with Crippen molar-refractivity contribution in [1.29, 1.82) is 0 Å². The van der Waals surface area contributed by atoms with E-state index in [2.05, 4.69) is 28.6 Å². The van der Waals surface area contributed by atoms with Crippen molar-refractivity contribution in [3.8, 4) is 5.75 Å². The lowest BCUT2D eigenvalue weighted by atomic mass is 10.0. The molecule has 28 heavy (non-hydrogen) atoms. The number of fused-ring (bicyclic) bond motifs is 1. The Labute approximate surface area is 170 Å². The minimum atomic E-state index is -0.0528. The topological polar surface area (TPSA) is 66.2 Å². The number of hydrogen-bond acceptors (Lipinski definition) is 3. The zero-order valence-corrected chi connectivity index (χ0v) is 17.2. The first kappa shape index (κ1) is 19.9. The average Bonchev–Trinajstić information content (AvgIpc) is 2.66. The summed E-state index contributed by atoms with van der Waals surface area (Å²) < 4.78 is 5.43. The Kier molecular flexibility index (Phi) is 6.31. The molecule has 0 saturated heterocycles. The van der Waals surface area contributed by atoms with Gasteiger partial charge in [0.25, 0.3) is 5.56 Å². The average molecular weight is 396 g/mol. The molecule has 0 spiro atoms. The van der Waals surface area contributed by atoms with Crippen LogP contribution in [0.3, 0.4) is 0 Å². The van der Waals surface area contributed by atoms with E-state index in [4.69, 9.17) is 17.0 Å². The van der Waals surface area contributed by atoms with Crippen LogP contribution in [0.5, 0.6) is 5.75 Å². The van der Waals surface area contributed by atoms with Crippen LogP contribution in [0.25, 0.3) is 10.9 Å². The smallest absolute Gasteiger partial charge is 0.251 e. The molecule has 1 aromatic heterocycles. The summed E-state index contributed by atoms with van der Waals surface area (Å²) in [7, 11) is 0. The second-order valence-corrected chi connectivity index (χ2v) is 7.14. The maximum Gasteiger partial charge on any atom is 0.251 e. The van der Waals surface area contributed by atoms with Crippen LogP contribution in [0.15, 0.2) is 47.3 Å². The highest BCUT2D eigenvalue weighted by atomic mass is 32.1. The number of benzene rings is 2. The molecule has 3 rings (SSSR count). The summed E-state index contributed by atoms with van der Waals surface area (Å²) >= 11 is 5.34. The number of anilines is 1. The second kappa shape index (κ2) is 8.89. The number of nitrogens with one attached hydrogen (secondary N) is 3. The van der Waals surface area contributed by atoms with Gasteiger partial charge in [-0.15, -0.1) is 0 Å². The van der Waals surface area contributed by atoms with Crippen molar-refractivity contribution in [2.45, 2.75) is 27.2 Å². The molecule has 3 N–H and O–H groups in total. The summed E-state index contributed by atoms with van der Waals surface area (Å²) in [4.78, 5) is 15.3. The Morgan fingerprint density at radius 2 is 1.82 bits per heavy atom. The van der Waals surface area contributed by atoms with Gasteiger partial charge in [0, 0.05) is 23.3 Å². The lowest BCUT2D eigenvalue weighted by Crippen LogP contribution is -2.31. The van der Waals surface area contributed by atoms with E-state index in [0.717, 1.165) is 27.9 Å². The standard InChI is InChI=1S/C22H25N3O2S/c1-4-27-19-7-5-18(6-8-19)24-22(28)23-10-9-16-13-17-11-14(2)15(3)12-20(17)25-21(16)26/h5-8,11-13H,4,9-10H2,1-3H3,(H,25,26)(H2,23,24,28). The third-order valence-corrected chi connectivity index (χ3v) is 4.88. The van der Waals surface area contributed by atoms with Crippen LogP contribution in [0.2, 0.25) is 0 Å². The summed E-state index contributed by atoms with van der Waals surface area (Å²) in [5.74, 6) is 0.827. The number of thiocarbonyl (C=S) groups is 1. The second-order valence-electron chi connectivity index (χ2n) is 6.74. The van der Waals surface area contributed by atoms with Gasteiger partial charge in [-0.05, 0) is 98.4 Å². The van der Waals surface area contributed by atoms with Crippen molar-refractivity contribution < 1.29 is 4.74 Å². The maximum atomic E-state index is 12.3. The van der Waals surface area contributed by atoms with E-state index >= 15 is 0 Å². The van der Waals surface area contributed by atoms with E-state index in [-0.39, 0.29) is 5.56 Å². The zero-order chi connectivity index (χ0) is 20.1. The van der Waals surface area contributed by atoms with Gasteiger partial charge in [-0.1, -0.05) is 0 Å². The summed E-state index contributed by atoms with van der Waals surface area (Å²) in [5.41, 5.74) is 4.83. The first-order valence-electron chi connectivity index (χ1n) is 9.37. The molecule has 2 aromatic carbocycles. The molecule has 3 aromatic rings. The van der Waals surface area contributed by atoms with Crippen molar-refractivity contribution in [2.75, 3.05) is 18.5 Å². The van der Waals surface area contributed by atoms with Crippen LogP contribution in [0.4, 0.5) is 5.69 Å². The fourth-order valence-corrected chi connectivity index (χ4v) is 3.21. The quantitative estimate of drug-likeness (QED) is 0.549. The third kappa shape index (κ3) is 4.89. The van der Waals surface area contributed by atoms with E-state index < -0.39 is 0 Å². The van der Waals surface area contributed by atoms with Crippen molar-refractivity contribution in [2.24, 2.45) is 0 Å². The molecule has 146 valence electrons. The number of aromatic amines is 1.